The molecule has 2 unspecified atom stereocenters. The fraction of sp³-hybridized carbons (Fsp3) is 0.450. The fourth-order valence-corrected chi connectivity index (χ4v) is 4.06. The van der Waals surface area contributed by atoms with E-state index in [1.54, 1.807) is 12.3 Å². The molecule has 1 N–H and O–H groups in total. The van der Waals surface area contributed by atoms with Crippen molar-refractivity contribution in [1.29, 1.82) is 0 Å². The topological polar surface area (TPSA) is 67.3 Å². The molecule has 6 heteroatoms. The largest absolute Gasteiger partial charge is 0.380 e. The van der Waals surface area contributed by atoms with Crippen LogP contribution in [0, 0.1) is 6.92 Å². The van der Waals surface area contributed by atoms with Gasteiger partial charge < -0.3 is 15.0 Å². The minimum atomic E-state index is -0.240. The molecule has 1 aromatic heterocycles. The molecule has 2 saturated heterocycles. The van der Waals surface area contributed by atoms with Gasteiger partial charge in [-0.3, -0.25) is 4.79 Å². The maximum absolute atomic E-state index is 12.7. The smallest absolute Gasteiger partial charge is 0.255 e. The van der Waals surface area contributed by atoms with Gasteiger partial charge in [-0.05, 0) is 43.5 Å². The molecule has 0 aliphatic carbocycles. The summed E-state index contributed by atoms with van der Waals surface area (Å²) in [5.41, 5.74) is 2.71. The molecule has 6 nitrogen and oxygen atoms in total. The number of benzene rings is 1. The van der Waals surface area contributed by atoms with Crippen molar-refractivity contribution in [2.24, 2.45) is 0 Å². The lowest BCUT2D eigenvalue weighted by atomic mass is 9.88. The number of nitrogens with one attached hydrogen (secondary N) is 1. The zero-order valence-electron chi connectivity index (χ0n) is 15.0. The molecule has 1 aromatic carbocycles. The van der Waals surface area contributed by atoms with Crippen LogP contribution in [0.2, 0.25) is 0 Å². The highest BCUT2D eigenvalue weighted by atomic mass is 16.5. The van der Waals surface area contributed by atoms with Gasteiger partial charge in [0.15, 0.2) is 0 Å². The quantitative estimate of drug-likeness (QED) is 0.920. The lowest BCUT2D eigenvalue weighted by Crippen LogP contribution is -2.50. The lowest BCUT2D eigenvalue weighted by Gasteiger charge is -2.39. The zero-order chi connectivity index (χ0) is 18.0. The van der Waals surface area contributed by atoms with E-state index in [4.69, 9.17) is 4.74 Å². The van der Waals surface area contributed by atoms with E-state index < -0.39 is 0 Å². The second-order valence-electron chi connectivity index (χ2n) is 7.37. The number of carbonyl (C=O) groups is 1. The van der Waals surface area contributed by atoms with E-state index in [0.29, 0.717) is 18.7 Å². The summed E-state index contributed by atoms with van der Waals surface area (Å²) in [6.45, 7) is 4.17. The summed E-state index contributed by atoms with van der Waals surface area (Å²) >= 11 is 0. The third kappa shape index (κ3) is 3.55. The predicted octanol–water partition coefficient (Wildman–Crippen LogP) is 2.66. The van der Waals surface area contributed by atoms with Gasteiger partial charge in [0.2, 0.25) is 0 Å². The van der Waals surface area contributed by atoms with Crippen LogP contribution < -0.4 is 5.32 Å². The number of amides is 1. The third-order valence-electron chi connectivity index (χ3n) is 5.26. The maximum atomic E-state index is 12.7. The average Bonchev–Trinajstić information content (AvgIpc) is 3.03. The van der Waals surface area contributed by atoms with Gasteiger partial charge >= 0.3 is 0 Å². The highest BCUT2D eigenvalue weighted by Gasteiger charge is 2.44. The number of carbonyl (C=O) groups excluding carboxylic acids is 1. The minimum Gasteiger partial charge on any atom is -0.380 e. The third-order valence-corrected chi connectivity index (χ3v) is 5.26. The van der Waals surface area contributed by atoms with Crippen LogP contribution in [0.25, 0.3) is 0 Å². The molecule has 0 bridgehead atoms. The van der Waals surface area contributed by atoms with E-state index >= 15 is 0 Å². The molecule has 136 valence electrons. The van der Waals surface area contributed by atoms with E-state index in [1.807, 2.05) is 4.90 Å². The number of aryl methyl sites for hydroxylation is 1. The van der Waals surface area contributed by atoms with Gasteiger partial charge in [-0.25, -0.2) is 0 Å². The van der Waals surface area contributed by atoms with Crippen LogP contribution in [0.3, 0.4) is 0 Å². The number of likely N-dealkylation sites (tertiary alicyclic amines) is 1. The molecule has 2 fully saturated rings. The van der Waals surface area contributed by atoms with Gasteiger partial charge in [0.25, 0.3) is 5.91 Å². The summed E-state index contributed by atoms with van der Waals surface area (Å²) in [6.07, 6.45) is 5.96. The maximum Gasteiger partial charge on any atom is 0.255 e. The molecule has 2 atom stereocenters. The van der Waals surface area contributed by atoms with E-state index in [2.05, 4.69) is 46.7 Å². The number of nitrogens with zero attached hydrogens (tertiary/aromatic N) is 3. The number of anilines is 1. The van der Waals surface area contributed by atoms with Gasteiger partial charge in [0.05, 0.1) is 42.8 Å². The summed E-state index contributed by atoms with van der Waals surface area (Å²) in [7, 11) is 0. The Balaban J connectivity index is 1.42. The monoisotopic (exact) mass is 352 g/mol. The van der Waals surface area contributed by atoms with Gasteiger partial charge in [0, 0.05) is 18.7 Å². The van der Waals surface area contributed by atoms with Crippen molar-refractivity contribution in [2.75, 3.05) is 25.0 Å². The fourth-order valence-electron chi connectivity index (χ4n) is 4.06. The molecule has 1 spiro atoms. The molecule has 2 aliphatic rings. The summed E-state index contributed by atoms with van der Waals surface area (Å²) in [5.74, 6) is 0.0117. The Morgan fingerprint density at radius 1 is 1.35 bits per heavy atom. The highest BCUT2D eigenvalue weighted by molar-refractivity contribution is 5.93. The molecule has 26 heavy (non-hydrogen) atoms. The van der Waals surface area contributed by atoms with Crippen LogP contribution in [-0.2, 0) is 4.74 Å². The van der Waals surface area contributed by atoms with E-state index in [9.17, 15) is 4.79 Å². The predicted molar refractivity (Wildman–Crippen MR) is 99.1 cm³/mol. The van der Waals surface area contributed by atoms with E-state index in [-0.39, 0.29) is 17.6 Å². The average molecular weight is 352 g/mol. The second kappa shape index (κ2) is 7.03. The first kappa shape index (κ1) is 17.0. The van der Waals surface area contributed by atoms with Crippen LogP contribution in [0.15, 0.2) is 42.7 Å². The van der Waals surface area contributed by atoms with Crippen molar-refractivity contribution < 1.29 is 9.53 Å². The number of ether oxygens (including phenoxy) is 1. The summed E-state index contributed by atoms with van der Waals surface area (Å²) in [6, 6.07) is 10.4. The number of hydrogen-bond acceptors (Lipinski definition) is 5. The first-order valence-corrected chi connectivity index (χ1v) is 9.17. The Hall–Kier alpha value is -2.47. The molecule has 3 heterocycles. The van der Waals surface area contributed by atoms with Crippen LogP contribution in [-0.4, -0.2) is 52.3 Å². The zero-order valence-corrected chi connectivity index (χ0v) is 15.0. The second-order valence-corrected chi connectivity index (χ2v) is 7.37. The molecule has 0 saturated carbocycles. The summed E-state index contributed by atoms with van der Waals surface area (Å²) in [5, 5.41) is 11.1. The van der Waals surface area contributed by atoms with Gasteiger partial charge in [0.1, 0.15) is 0 Å². The molecule has 2 aromatic rings. The number of hydrogen-bond donors (Lipinski definition) is 1. The SMILES string of the molecule is Cc1cccc(NC2COC3(CCCN(C(=O)c4ccnnc4)C3)C2)c1. The standard InChI is InChI=1S/C20H24N4O2/c1-15-4-2-5-17(10-15)23-18-11-20(26-13-18)7-3-9-24(14-20)19(25)16-6-8-21-22-12-16/h2,4-6,8,10,12,18,23H,3,7,9,11,13-14H2,1H3. The first-order valence-electron chi connectivity index (χ1n) is 9.17. The molecule has 4 rings (SSSR count). The number of aromatic nitrogens is 2. The lowest BCUT2D eigenvalue weighted by molar-refractivity contribution is -0.0447. The van der Waals surface area contributed by atoms with Crippen molar-refractivity contribution in [2.45, 2.75) is 37.8 Å². The van der Waals surface area contributed by atoms with Crippen LogP contribution in [0.4, 0.5) is 5.69 Å². The van der Waals surface area contributed by atoms with Crippen molar-refractivity contribution in [3.05, 3.63) is 53.9 Å². The Kier molecular flexibility index (Phi) is 4.59. The van der Waals surface area contributed by atoms with Crippen molar-refractivity contribution in [1.82, 2.24) is 15.1 Å². The van der Waals surface area contributed by atoms with Crippen LogP contribution in [0.5, 0.6) is 0 Å². The Bertz CT molecular complexity index is 782. The van der Waals surface area contributed by atoms with Crippen molar-refractivity contribution >= 4 is 11.6 Å². The van der Waals surface area contributed by atoms with Crippen molar-refractivity contribution in [3.8, 4) is 0 Å². The summed E-state index contributed by atoms with van der Waals surface area (Å²) in [4.78, 5) is 14.6. The number of piperidine rings is 1. The van der Waals surface area contributed by atoms with Crippen LogP contribution >= 0.6 is 0 Å². The Labute approximate surface area is 153 Å². The molecular weight excluding hydrogens is 328 g/mol. The van der Waals surface area contributed by atoms with Gasteiger partial charge in [-0.1, -0.05) is 12.1 Å². The minimum absolute atomic E-state index is 0.0117. The van der Waals surface area contributed by atoms with Crippen molar-refractivity contribution in [3.63, 3.8) is 0 Å². The van der Waals surface area contributed by atoms with E-state index in [1.165, 1.54) is 11.8 Å². The first-order chi connectivity index (χ1) is 12.6. The summed E-state index contributed by atoms with van der Waals surface area (Å²) < 4.78 is 6.23. The van der Waals surface area contributed by atoms with E-state index in [0.717, 1.165) is 31.5 Å². The molecule has 2 aliphatic heterocycles. The number of rotatable bonds is 3. The Morgan fingerprint density at radius 2 is 2.27 bits per heavy atom. The normalized spacial score (nSPS) is 25.4. The molecule has 0 radical (unpaired) electrons. The van der Waals surface area contributed by atoms with Gasteiger partial charge in [-0.2, -0.15) is 10.2 Å². The molecular formula is C20H24N4O2. The highest BCUT2D eigenvalue weighted by Crippen LogP contribution is 2.36. The molecule has 1 amide bonds. The Morgan fingerprint density at radius 3 is 3.08 bits per heavy atom. The van der Waals surface area contributed by atoms with Gasteiger partial charge in [-0.15, -0.1) is 0 Å². The van der Waals surface area contributed by atoms with Crippen LogP contribution in [0.1, 0.15) is 35.2 Å².